The van der Waals surface area contributed by atoms with Gasteiger partial charge in [0, 0.05) is 16.6 Å². The van der Waals surface area contributed by atoms with E-state index < -0.39 is 6.61 Å². The number of carbonyl (C=O) groups is 1. The number of nitrogens with one attached hydrogen (secondary N) is 1. The summed E-state index contributed by atoms with van der Waals surface area (Å²) >= 11 is 1.37. The van der Waals surface area contributed by atoms with Crippen LogP contribution in [0.1, 0.15) is 11.3 Å². The van der Waals surface area contributed by atoms with Gasteiger partial charge in [-0.25, -0.2) is 15.0 Å². The van der Waals surface area contributed by atoms with E-state index in [0.29, 0.717) is 38.7 Å². The highest BCUT2D eigenvalue weighted by Crippen LogP contribution is 2.31. The Hall–Kier alpha value is -3.66. The number of aryl methyl sites for hydroxylation is 1. The van der Waals surface area contributed by atoms with Gasteiger partial charge in [0.2, 0.25) is 11.8 Å². The summed E-state index contributed by atoms with van der Waals surface area (Å²) in [6, 6.07) is 10.7. The van der Waals surface area contributed by atoms with E-state index in [1.54, 1.807) is 42.8 Å². The molecule has 164 valence electrons. The number of halogens is 2. The van der Waals surface area contributed by atoms with Crippen LogP contribution in [0.4, 0.5) is 14.5 Å². The zero-order valence-electron chi connectivity index (χ0n) is 17.1. The maximum atomic E-state index is 12.5. The van der Waals surface area contributed by atoms with E-state index in [-0.39, 0.29) is 18.2 Å². The van der Waals surface area contributed by atoms with Crippen LogP contribution < -0.4 is 14.8 Å². The van der Waals surface area contributed by atoms with Crippen molar-refractivity contribution in [3.8, 4) is 22.2 Å². The fourth-order valence-electron chi connectivity index (χ4n) is 3.11. The molecule has 0 saturated carbocycles. The first kappa shape index (κ1) is 21.6. The standard InChI is InChI=1S/C22H18F2N4O3S/c1-12-7-16(20-17(8-12)28-19(10-25-20)31-22(23)24)21-27-14(11-32-21)9-18(29)26-13-3-5-15(30-2)6-4-13/h3-8,10-11,22H,9H2,1-2H3,(H,26,29). The first-order chi connectivity index (χ1) is 15.4. The molecule has 0 aliphatic heterocycles. The largest absolute Gasteiger partial charge is 0.497 e. The second-order valence-electron chi connectivity index (χ2n) is 6.86. The van der Waals surface area contributed by atoms with E-state index in [1.165, 1.54) is 11.3 Å². The molecule has 10 heteroatoms. The van der Waals surface area contributed by atoms with Gasteiger partial charge in [0.05, 0.1) is 36.5 Å². The summed E-state index contributed by atoms with van der Waals surface area (Å²) in [6.45, 7) is -1.11. The number of benzene rings is 2. The molecule has 0 radical (unpaired) electrons. The van der Waals surface area contributed by atoms with Gasteiger partial charge in [-0.3, -0.25) is 4.79 Å². The van der Waals surface area contributed by atoms with Crippen LogP contribution in [0.2, 0.25) is 0 Å². The van der Waals surface area contributed by atoms with Crippen LogP contribution in [0.25, 0.3) is 21.6 Å². The molecule has 4 aromatic rings. The van der Waals surface area contributed by atoms with Gasteiger partial charge < -0.3 is 14.8 Å². The molecular weight excluding hydrogens is 438 g/mol. The molecule has 32 heavy (non-hydrogen) atoms. The minimum Gasteiger partial charge on any atom is -0.497 e. The molecule has 0 aliphatic carbocycles. The van der Waals surface area contributed by atoms with Gasteiger partial charge in [-0.15, -0.1) is 11.3 Å². The van der Waals surface area contributed by atoms with Crippen molar-refractivity contribution in [1.29, 1.82) is 0 Å². The normalized spacial score (nSPS) is 11.0. The molecule has 1 N–H and O–H groups in total. The van der Waals surface area contributed by atoms with Crippen LogP contribution in [0, 0.1) is 6.92 Å². The summed E-state index contributed by atoms with van der Waals surface area (Å²) in [5, 5.41) is 5.28. The summed E-state index contributed by atoms with van der Waals surface area (Å²) in [7, 11) is 1.58. The average molecular weight is 456 g/mol. The van der Waals surface area contributed by atoms with E-state index in [1.807, 2.05) is 13.0 Å². The predicted molar refractivity (Wildman–Crippen MR) is 117 cm³/mol. The van der Waals surface area contributed by atoms with Crippen LogP contribution in [0.3, 0.4) is 0 Å². The Morgan fingerprint density at radius 2 is 1.97 bits per heavy atom. The van der Waals surface area contributed by atoms with Crippen LogP contribution in [-0.2, 0) is 11.2 Å². The third-order valence-corrected chi connectivity index (χ3v) is 5.40. The van der Waals surface area contributed by atoms with E-state index in [2.05, 4.69) is 25.0 Å². The third-order valence-electron chi connectivity index (χ3n) is 4.48. The van der Waals surface area contributed by atoms with E-state index in [4.69, 9.17) is 4.74 Å². The lowest BCUT2D eigenvalue weighted by Crippen LogP contribution is -2.14. The number of fused-ring (bicyclic) bond motifs is 1. The molecule has 0 spiro atoms. The predicted octanol–water partition coefficient (Wildman–Crippen LogP) is 4.85. The maximum Gasteiger partial charge on any atom is 0.388 e. The molecule has 7 nitrogen and oxygen atoms in total. The lowest BCUT2D eigenvalue weighted by atomic mass is 10.1. The number of hydrogen-bond donors (Lipinski definition) is 1. The maximum absolute atomic E-state index is 12.5. The van der Waals surface area contributed by atoms with Crippen LogP contribution in [-0.4, -0.2) is 34.6 Å². The highest BCUT2D eigenvalue weighted by molar-refractivity contribution is 7.13. The minimum absolute atomic E-state index is 0.102. The molecular formula is C22H18F2N4O3S. The second kappa shape index (κ2) is 9.23. The van der Waals surface area contributed by atoms with Crippen molar-refractivity contribution < 1.29 is 23.0 Å². The number of hydrogen-bond acceptors (Lipinski definition) is 7. The Kier molecular flexibility index (Phi) is 6.22. The number of aromatic nitrogens is 3. The molecule has 4 rings (SSSR count). The zero-order valence-corrected chi connectivity index (χ0v) is 18.0. The molecule has 2 aromatic heterocycles. The number of amides is 1. The Morgan fingerprint density at radius 3 is 2.69 bits per heavy atom. The third kappa shape index (κ3) is 4.97. The van der Waals surface area contributed by atoms with E-state index in [0.717, 1.165) is 11.8 Å². The lowest BCUT2D eigenvalue weighted by Gasteiger charge is -2.08. The molecule has 0 fully saturated rings. The number of thiazole rings is 1. The summed E-state index contributed by atoms with van der Waals surface area (Å²) in [5.41, 5.74) is 3.78. The molecule has 0 aliphatic rings. The number of nitrogens with zero attached hydrogens (tertiary/aromatic N) is 3. The Bertz CT molecular complexity index is 1260. The number of methoxy groups -OCH3 is 1. The Morgan fingerprint density at radius 1 is 1.19 bits per heavy atom. The number of rotatable bonds is 7. The van der Waals surface area contributed by atoms with Gasteiger partial charge in [-0.05, 0) is 48.9 Å². The second-order valence-corrected chi connectivity index (χ2v) is 7.72. The molecule has 1 amide bonds. The van der Waals surface area contributed by atoms with Crippen molar-refractivity contribution in [2.24, 2.45) is 0 Å². The molecule has 2 heterocycles. The van der Waals surface area contributed by atoms with Crippen molar-refractivity contribution in [3.05, 3.63) is 59.2 Å². The molecule has 0 saturated heterocycles. The first-order valence-electron chi connectivity index (χ1n) is 9.52. The van der Waals surface area contributed by atoms with Gasteiger partial charge in [0.15, 0.2) is 0 Å². The van der Waals surface area contributed by atoms with Gasteiger partial charge in [0.1, 0.15) is 10.8 Å². The topological polar surface area (TPSA) is 86.2 Å². The number of ether oxygens (including phenoxy) is 2. The average Bonchev–Trinajstić information content (AvgIpc) is 3.21. The Balaban J connectivity index is 1.54. The van der Waals surface area contributed by atoms with Crippen molar-refractivity contribution in [2.45, 2.75) is 20.0 Å². The molecule has 2 aromatic carbocycles. The number of anilines is 1. The van der Waals surface area contributed by atoms with E-state index in [9.17, 15) is 13.6 Å². The fourth-order valence-corrected chi connectivity index (χ4v) is 3.95. The summed E-state index contributed by atoms with van der Waals surface area (Å²) < 4.78 is 34.4. The zero-order chi connectivity index (χ0) is 22.7. The number of alkyl halides is 2. The van der Waals surface area contributed by atoms with E-state index >= 15 is 0 Å². The van der Waals surface area contributed by atoms with Gasteiger partial charge in [-0.1, -0.05) is 0 Å². The SMILES string of the molecule is COc1ccc(NC(=O)Cc2csc(-c3cc(C)cc4nc(OC(F)F)cnc34)n2)cc1. The van der Waals surface area contributed by atoms with Gasteiger partial charge in [-0.2, -0.15) is 8.78 Å². The minimum atomic E-state index is -2.98. The first-order valence-corrected chi connectivity index (χ1v) is 10.4. The highest BCUT2D eigenvalue weighted by Gasteiger charge is 2.15. The summed E-state index contributed by atoms with van der Waals surface area (Å²) in [4.78, 5) is 25.3. The quantitative estimate of drug-likeness (QED) is 0.428. The monoisotopic (exact) mass is 456 g/mol. The van der Waals surface area contributed by atoms with Crippen molar-refractivity contribution in [1.82, 2.24) is 15.0 Å². The lowest BCUT2D eigenvalue weighted by molar-refractivity contribution is -0.115. The van der Waals surface area contributed by atoms with Gasteiger partial charge >= 0.3 is 6.61 Å². The van der Waals surface area contributed by atoms with Crippen LogP contribution >= 0.6 is 11.3 Å². The number of carbonyl (C=O) groups excluding carboxylic acids is 1. The van der Waals surface area contributed by atoms with Crippen molar-refractivity contribution in [2.75, 3.05) is 12.4 Å². The highest BCUT2D eigenvalue weighted by atomic mass is 32.1. The molecule has 0 atom stereocenters. The molecule has 0 bridgehead atoms. The van der Waals surface area contributed by atoms with Gasteiger partial charge in [0.25, 0.3) is 0 Å². The van der Waals surface area contributed by atoms with Crippen LogP contribution in [0.5, 0.6) is 11.6 Å². The summed E-state index contributed by atoms with van der Waals surface area (Å²) in [6.07, 6.45) is 1.26. The summed E-state index contributed by atoms with van der Waals surface area (Å²) in [5.74, 6) is 0.252. The van der Waals surface area contributed by atoms with Crippen LogP contribution in [0.15, 0.2) is 48.0 Å². The van der Waals surface area contributed by atoms with Crippen molar-refractivity contribution >= 4 is 34.0 Å². The van der Waals surface area contributed by atoms with Crippen molar-refractivity contribution in [3.63, 3.8) is 0 Å². The fraction of sp³-hybridized carbons (Fsp3) is 0.182. The molecule has 0 unspecified atom stereocenters. The smallest absolute Gasteiger partial charge is 0.388 e. The Labute approximate surface area is 186 Å².